The molecule has 0 bridgehead atoms. The Bertz CT molecular complexity index is 1470. The Morgan fingerprint density at radius 2 is 1.71 bits per heavy atom. The molecule has 1 N–H and O–H groups in total. The molecular formula is C29H31F3N4O6. The third-order valence-electron chi connectivity index (χ3n) is 7.79. The van der Waals surface area contributed by atoms with Gasteiger partial charge in [0.2, 0.25) is 5.91 Å². The van der Waals surface area contributed by atoms with E-state index in [-0.39, 0.29) is 42.0 Å². The fourth-order valence-corrected chi connectivity index (χ4v) is 5.49. The fraction of sp³-hybridized carbons (Fsp3) is 0.448. The Hall–Kier alpha value is -4.13. The van der Waals surface area contributed by atoms with Crippen LogP contribution in [-0.4, -0.2) is 71.5 Å². The molecule has 2 amide bonds. The summed E-state index contributed by atoms with van der Waals surface area (Å²) >= 11 is 0. The highest BCUT2D eigenvalue weighted by atomic mass is 19.4. The number of alkyl halides is 3. The van der Waals surface area contributed by atoms with Crippen molar-refractivity contribution in [2.75, 3.05) is 38.1 Å². The first-order valence-corrected chi connectivity index (χ1v) is 13.8. The maximum atomic E-state index is 13.3. The molecule has 2 fully saturated rings. The number of aryl methyl sites for hydroxylation is 1. The number of carbonyl (C=O) groups is 2. The Kier molecular flexibility index (Phi) is 8.39. The minimum Gasteiger partial charge on any atom is -0.451 e. The number of nitro benzene ring substituents is 1. The second-order valence-electron chi connectivity index (χ2n) is 10.7. The highest BCUT2D eigenvalue weighted by molar-refractivity contribution is 5.96. The van der Waals surface area contributed by atoms with Gasteiger partial charge in [-0.05, 0) is 62.9 Å². The normalized spacial score (nSPS) is 19.6. The van der Waals surface area contributed by atoms with Gasteiger partial charge in [0.25, 0.3) is 11.6 Å². The van der Waals surface area contributed by atoms with Crippen molar-refractivity contribution >= 4 is 34.2 Å². The van der Waals surface area contributed by atoms with E-state index in [0.717, 1.165) is 23.1 Å². The topological polar surface area (TPSA) is 118 Å². The summed E-state index contributed by atoms with van der Waals surface area (Å²) in [6.45, 7) is 3.43. The molecule has 13 heteroatoms. The standard InChI is InChI=1S/C29H31F3N4O6/c1-18-2-9-25-19(14-18)15-26(42-25)28(38)35-12-10-34(11-13-35)27(37)17-41-22-6-3-20(4-7-22)33-21-5-8-24(36(39)40)23(16-21)29(30,31)32/h2,5,8-9,14-16,20,22,33H,3-4,6-7,10-13,17H2,1H3/t20-,22-. The van der Waals surface area contributed by atoms with E-state index in [0.29, 0.717) is 57.4 Å². The SMILES string of the molecule is Cc1ccc2oc(C(=O)N3CCN(C(=O)CO[C@H]4CC[C@H](Nc5ccc([N+](=O)[O-])c(C(F)(F)F)c5)CC4)CC3)cc2c1. The monoisotopic (exact) mass is 588 g/mol. The molecule has 0 spiro atoms. The van der Waals surface area contributed by atoms with Crippen LogP contribution in [-0.2, 0) is 15.7 Å². The summed E-state index contributed by atoms with van der Waals surface area (Å²) in [6.07, 6.45) is -2.55. The van der Waals surface area contributed by atoms with Gasteiger partial charge >= 0.3 is 6.18 Å². The Labute approximate surface area is 239 Å². The predicted octanol–water partition coefficient (Wildman–Crippen LogP) is 5.39. The lowest BCUT2D eigenvalue weighted by Crippen LogP contribution is -2.51. The summed E-state index contributed by atoms with van der Waals surface area (Å²) in [7, 11) is 0. The summed E-state index contributed by atoms with van der Waals surface area (Å²) in [5.41, 5.74) is -0.374. The zero-order valence-electron chi connectivity index (χ0n) is 23.0. The lowest BCUT2D eigenvalue weighted by molar-refractivity contribution is -0.388. The van der Waals surface area contributed by atoms with Crippen LogP contribution in [0.1, 0.15) is 47.4 Å². The number of ether oxygens (including phenoxy) is 1. The molecule has 42 heavy (non-hydrogen) atoms. The Morgan fingerprint density at radius 3 is 2.38 bits per heavy atom. The second-order valence-corrected chi connectivity index (χ2v) is 10.7. The second kappa shape index (κ2) is 12.0. The molecule has 1 aliphatic heterocycles. The van der Waals surface area contributed by atoms with E-state index in [1.165, 1.54) is 6.07 Å². The molecule has 224 valence electrons. The number of nitro groups is 1. The van der Waals surface area contributed by atoms with Crippen molar-refractivity contribution in [2.45, 2.75) is 50.9 Å². The van der Waals surface area contributed by atoms with E-state index in [4.69, 9.17) is 9.15 Å². The van der Waals surface area contributed by atoms with Gasteiger partial charge < -0.3 is 24.3 Å². The first-order chi connectivity index (χ1) is 20.0. The van der Waals surface area contributed by atoms with Crippen molar-refractivity contribution in [2.24, 2.45) is 0 Å². The van der Waals surface area contributed by atoms with E-state index in [1.54, 1.807) is 15.9 Å². The zero-order valence-corrected chi connectivity index (χ0v) is 23.0. The number of rotatable bonds is 7. The smallest absolute Gasteiger partial charge is 0.423 e. The fourth-order valence-electron chi connectivity index (χ4n) is 5.49. The van der Waals surface area contributed by atoms with Crippen LogP contribution in [0.25, 0.3) is 11.0 Å². The minimum absolute atomic E-state index is 0.0864. The van der Waals surface area contributed by atoms with E-state index < -0.39 is 22.4 Å². The molecule has 0 radical (unpaired) electrons. The number of piperazine rings is 1. The van der Waals surface area contributed by atoms with Crippen LogP contribution in [0.4, 0.5) is 24.5 Å². The Morgan fingerprint density at radius 1 is 1.02 bits per heavy atom. The molecule has 2 aromatic carbocycles. The first kappa shape index (κ1) is 29.4. The van der Waals surface area contributed by atoms with Gasteiger partial charge in [0.15, 0.2) is 5.76 Å². The molecule has 2 heterocycles. The summed E-state index contributed by atoms with van der Waals surface area (Å²) < 4.78 is 51.4. The molecule has 0 atom stereocenters. The van der Waals surface area contributed by atoms with E-state index in [9.17, 15) is 32.9 Å². The van der Waals surface area contributed by atoms with Crippen LogP contribution in [0.2, 0.25) is 0 Å². The molecule has 10 nitrogen and oxygen atoms in total. The average molecular weight is 589 g/mol. The number of hydrogen-bond acceptors (Lipinski definition) is 7. The molecule has 2 aliphatic rings. The van der Waals surface area contributed by atoms with Crippen molar-refractivity contribution in [1.82, 2.24) is 9.80 Å². The zero-order chi connectivity index (χ0) is 30.0. The summed E-state index contributed by atoms with van der Waals surface area (Å²) in [4.78, 5) is 39.0. The number of nitrogens with zero attached hydrogens (tertiary/aromatic N) is 3. The highest BCUT2D eigenvalue weighted by Crippen LogP contribution is 2.38. The first-order valence-electron chi connectivity index (χ1n) is 13.8. The van der Waals surface area contributed by atoms with Crippen molar-refractivity contribution in [3.8, 4) is 0 Å². The number of benzene rings is 2. The van der Waals surface area contributed by atoms with Gasteiger partial charge in [0.05, 0.1) is 11.0 Å². The summed E-state index contributed by atoms with van der Waals surface area (Å²) in [5.74, 6) is -0.0915. The lowest BCUT2D eigenvalue weighted by Gasteiger charge is -2.35. The number of anilines is 1. The molecule has 0 unspecified atom stereocenters. The van der Waals surface area contributed by atoms with Gasteiger partial charge in [-0.2, -0.15) is 13.2 Å². The molecule has 1 aromatic heterocycles. The molecule has 5 rings (SSSR count). The minimum atomic E-state index is -4.84. The van der Waals surface area contributed by atoms with Crippen LogP contribution in [0, 0.1) is 17.0 Å². The quantitative estimate of drug-likeness (QED) is 0.290. The maximum absolute atomic E-state index is 13.3. The van der Waals surface area contributed by atoms with Crippen molar-refractivity contribution in [1.29, 1.82) is 0 Å². The molecule has 3 aromatic rings. The van der Waals surface area contributed by atoms with Gasteiger partial charge in [0, 0.05) is 49.4 Å². The summed E-state index contributed by atoms with van der Waals surface area (Å²) in [6, 6.07) is 10.3. The third kappa shape index (κ3) is 6.67. The number of halogens is 3. The number of amides is 2. The summed E-state index contributed by atoms with van der Waals surface area (Å²) in [5, 5.41) is 14.9. The van der Waals surface area contributed by atoms with Gasteiger partial charge in [-0.25, -0.2) is 0 Å². The predicted molar refractivity (Wildman–Crippen MR) is 147 cm³/mol. The van der Waals surface area contributed by atoms with E-state index >= 15 is 0 Å². The van der Waals surface area contributed by atoms with Crippen molar-refractivity contribution < 1.29 is 36.8 Å². The number of furan rings is 1. The molecule has 1 aliphatic carbocycles. The van der Waals surface area contributed by atoms with Gasteiger partial charge in [-0.1, -0.05) is 11.6 Å². The third-order valence-corrected chi connectivity index (χ3v) is 7.79. The van der Waals surface area contributed by atoms with Gasteiger partial charge in [0.1, 0.15) is 17.8 Å². The van der Waals surface area contributed by atoms with Crippen LogP contribution >= 0.6 is 0 Å². The Balaban J connectivity index is 1.05. The van der Waals surface area contributed by atoms with Crippen LogP contribution in [0.15, 0.2) is 46.9 Å². The van der Waals surface area contributed by atoms with Crippen LogP contribution in [0.3, 0.4) is 0 Å². The molecule has 1 saturated carbocycles. The van der Waals surface area contributed by atoms with E-state index in [2.05, 4.69) is 5.32 Å². The molecule has 1 saturated heterocycles. The number of nitrogens with one attached hydrogen (secondary N) is 1. The number of fused-ring (bicyclic) bond motifs is 1. The van der Waals surface area contributed by atoms with Crippen LogP contribution < -0.4 is 5.32 Å². The van der Waals surface area contributed by atoms with E-state index in [1.807, 2.05) is 25.1 Å². The van der Waals surface area contributed by atoms with Crippen molar-refractivity contribution in [3.05, 3.63) is 69.5 Å². The van der Waals surface area contributed by atoms with Crippen LogP contribution in [0.5, 0.6) is 0 Å². The largest absolute Gasteiger partial charge is 0.451 e. The van der Waals surface area contributed by atoms with Gasteiger partial charge in [-0.3, -0.25) is 19.7 Å². The highest BCUT2D eigenvalue weighted by Gasteiger charge is 2.38. The van der Waals surface area contributed by atoms with Crippen molar-refractivity contribution in [3.63, 3.8) is 0 Å². The number of carbonyl (C=O) groups excluding carboxylic acids is 2. The average Bonchev–Trinajstić information content (AvgIpc) is 3.39. The van der Waals surface area contributed by atoms with Gasteiger partial charge in [-0.15, -0.1) is 0 Å². The number of hydrogen-bond donors (Lipinski definition) is 1. The lowest BCUT2D eigenvalue weighted by atomic mass is 9.92. The maximum Gasteiger partial charge on any atom is 0.423 e. The molecular weight excluding hydrogens is 557 g/mol.